The number of allylic oxidation sites excluding steroid dienone is 1. The van der Waals surface area contributed by atoms with Gasteiger partial charge in [0.2, 0.25) is 0 Å². The van der Waals surface area contributed by atoms with E-state index in [-0.39, 0.29) is 17.7 Å². The number of phenolic OH excluding ortho intramolecular Hbond substituents is 1. The summed E-state index contributed by atoms with van der Waals surface area (Å²) in [5.41, 5.74) is 1.15. The maximum atomic E-state index is 9.49. The Morgan fingerprint density at radius 1 is 1.38 bits per heavy atom. The molecule has 1 aliphatic rings. The molecule has 1 aromatic carbocycles. The number of nitriles is 1. The quantitative estimate of drug-likeness (QED) is 0.718. The summed E-state index contributed by atoms with van der Waals surface area (Å²) in [6, 6.07) is 8.75. The van der Waals surface area contributed by atoms with Crippen LogP contribution in [0.4, 0.5) is 11.6 Å². The molecule has 1 heterocycles. The lowest BCUT2D eigenvalue weighted by Gasteiger charge is -2.23. The zero-order valence-corrected chi connectivity index (χ0v) is 14.5. The van der Waals surface area contributed by atoms with Crippen LogP contribution in [-0.4, -0.2) is 34.7 Å². The fourth-order valence-corrected chi connectivity index (χ4v) is 2.60. The van der Waals surface area contributed by atoms with Gasteiger partial charge in [-0.2, -0.15) is 10.4 Å². The molecule has 0 spiro atoms. The molecule has 1 aromatic heterocycles. The fraction of sp³-hybridized carbons (Fsp3) is 0.211. The van der Waals surface area contributed by atoms with E-state index >= 15 is 0 Å². The third kappa shape index (κ3) is 3.75. The Morgan fingerprint density at radius 2 is 2.15 bits per heavy atom. The van der Waals surface area contributed by atoms with E-state index in [1.54, 1.807) is 37.6 Å². The Balaban J connectivity index is 1.77. The number of rotatable bonds is 5. The molecule has 0 bridgehead atoms. The normalized spacial score (nSPS) is 19.2. The van der Waals surface area contributed by atoms with Crippen LogP contribution in [0, 0.1) is 17.2 Å². The van der Waals surface area contributed by atoms with Gasteiger partial charge in [-0.25, -0.2) is 4.99 Å². The maximum absolute atomic E-state index is 9.49. The molecule has 0 fully saturated rings. The van der Waals surface area contributed by atoms with E-state index in [1.807, 2.05) is 18.2 Å². The average Bonchev–Trinajstić information content (AvgIpc) is 3.04. The van der Waals surface area contributed by atoms with Gasteiger partial charge in [-0.3, -0.25) is 5.10 Å². The Labute approximate surface area is 151 Å². The van der Waals surface area contributed by atoms with Crippen LogP contribution in [0.2, 0.25) is 0 Å². The van der Waals surface area contributed by atoms with Gasteiger partial charge in [-0.1, -0.05) is 13.0 Å². The van der Waals surface area contributed by atoms with Gasteiger partial charge >= 0.3 is 0 Å². The topological polar surface area (TPSA) is 106 Å². The van der Waals surface area contributed by atoms with Crippen molar-refractivity contribution in [1.29, 1.82) is 5.26 Å². The number of aromatic hydroxyl groups is 1. The number of aliphatic imine (C=N–C) groups is 1. The van der Waals surface area contributed by atoms with E-state index in [1.165, 1.54) is 0 Å². The van der Waals surface area contributed by atoms with Gasteiger partial charge in [-0.15, -0.1) is 0 Å². The molecule has 2 unspecified atom stereocenters. The van der Waals surface area contributed by atoms with E-state index in [2.05, 4.69) is 33.5 Å². The number of hydrogen-bond donors (Lipinski definition) is 3. The van der Waals surface area contributed by atoms with Gasteiger partial charge in [0.25, 0.3) is 0 Å². The van der Waals surface area contributed by atoms with Crippen LogP contribution in [-0.2, 0) is 4.74 Å². The average molecular weight is 349 g/mol. The summed E-state index contributed by atoms with van der Waals surface area (Å²) in [5.74, 6) is 2.03. The summed E-state index contributed by atoms with van der Waals surface area (Å²) >= 11 is 0. The largest absolute Gasteiger partial charge is 0.508 e. The van der Waals surface area contributed by atoms with Crippen molar-refractivity contribution in [2.45, 2.75) is 13.0 Å². The molecule has 0 saturated heterocycles. The Morgan fingerprint density at radius 3 is 2.81 bits per heavy atom. The smallest absolute Gasteiger partial charge is 0.168 e. The van der Waals surface area contributed by atoms with Gasteiger partial charge in [-0.05, 0) is 42.0 Å². The molecule has 132 valence electrons. The van der Waals surface area contributed by atoms with Gasteiger partial charge in [0.1, 0.15) is 23.1 Å². The van der Waals surface area contributed by atoms with Crippen molar-refractivity contribution in [2.75, 3.05) is 12.4 Å². The number of nitrogens with one attached hydrogen (secondary N) is 2. The number of nitrogens with zero attached hydrogens (tertiary/aromatic N) is 3. The molecule has 0 aliphatic heterocycles. The monoisotopic (exact) mass is 349 g/mol. The van der Waals surface area contributed by atoms with Crippen LogP contribution in [0.5, 0.6) is 5.75 Å². The third-order valence-corrected chi connectivity index (χ3v) is 4.10. The predicted molar refractivity (Wildman–Crippen MR) is 99.5 cm³/mol. The van der Waals surface area contributed by atoms with Crippen molar-refractivity contribution in [3.8, 4) is 11.8 Å². The standard InChI is InChI=1S/C19H19N5O2/c1-12-9-15(26-2)7-8-17(12)22-19-16(10-20)18(23-24-19)21-11-13-3-5-14(25)6-4-13/h3-9,11-12,17,25H,1-2H3,(H2,22,23,24). The molecule has 3 N–H and O–H groups in total. The number of H-pyrrole nitrogens is 1. The summed E-state index contributed by atoms with van der Waals surface area (Å²) in [4.78, 5) is 4.30. The minimum Gasteiger partial charge on any atom is -0.508 e. The molecule has 3 rings (SSSR count). The molecule has 0 amide bonds. The second kappa shape index (κ2) is 7.57. The Bertz CT molecular complexity index is 903. The number of anilines is 1. The second-order valence-electron chi connectivity index (χ2n) is 5.92. The first-order valence-corrected chi connectivity index (χ1v) is 8.13. The highest BCUT2D eigenvalue weighted by Gasteiger charge is 2.21. The summed E-state index contributed by atoms with van der Waals surface area (Å²) in [7, 11) is 1.64. The molecule has 2 atom stereocenters. The lowest BCUT2D eigenvalue weighted by Crippen LogP contribution is -2.26. The lowest BCUT2D eigenvalue weighted by molar-refractivity contribution is 0.299. The number of phenols is 1. The molecule has 7 heteroatoms. The van der Waals surface area contributed by atoms with Crippen LogP contribution in [0.1, 0.15) is 18.1 Å². The first-order valence-electron chi connectivity index (χ1n) is 8.13. The highest BCUT2D eigenvalue weighted by Crippen LogP contribution is 2.26. The van der Waals surface area contributed by atoms with Gasteiger partial charge in [0, 0.05) is 12.1 Å². The molecule has 0 saturated carbocycles. The van der Waals surface area contributed by atoms with Crippen molar-refractivity contribution in [3.05, 3.63) is 59.4 Å². The molecule has 0 radical (unpaired) electrons. The molecule has 1 aliphatic carbocycles. The summed E-state index contributed by atoms with van der Waals surface area (Å²) in [6.07, 6.45) is 7.49. The van der Waals surface area contributed by atoms with Crippen molar-refractivity contribution in [3.63, 3.8) is 0 Å². The van der Waals surface area contributed by atoms with Crippen molar-refractivity contribution in [1.82, 2.24) is 10.2 Å². The Kier molecular flexibility index (Phi) is 5.04. The van der Waals surface area contributed by atoms with Gasteiger partial charge < -0.3 is 15.2 Å². The Hall–Kier alpha value is -3.53. The van der Waals surface area contributed by atoms with E-state index in [0.29, 0.717) is 17.2 Å². The van der Waals surface area contributed by atoms with E-state index in [9.17, 15) is 10.4 Å². The zero-order valence-electron chi connectivity index (χ0n) is 14.5. The SMILES string of the molecule is COC1=CC(C)C(Nc2n[nH]c(N=Cc3ccc(O)cc3)c2C#N)C=C1. The van der Waals surface area contributed by atoms with Crippen LogP contribution in [0.25, 0.3) is 0 Å². The number of methoxy groups -OCH3 is 1. The van der Waals surface area contributed by atoms with Crippen molar-refractivity contribution < 1.29 is 9.84 Å². The first-order chi connectivity index (χ1) is 12.6. The number of aromatic nitrogens is 2. The molecule has 7 nitrogen and oxygen atoms in total. The molecular formula is C19H19N5O2. The van der Waals surface area contributed by atoms with Crippen LogP contribution in [0.3, 0.4) is 0 Å². The van der Waals surface area contributed by atoms with Crippen LogP contribution < -0.4 is 5.32 Å². The number of benzene rings is 1. The number of hydrogen-bond acceptors (Lipinski definition) is 6. The fourth-order valence-electron chi connectivity index (χ4n) is 2.60. The molecule has 26 heavy (non-hydrogen) atoms. The van der Waals surface area contributed by atoms with E-state index in [0.717, 1.165) is 11.3 Å². The first kappa shape index (κ1) is 17.3. The minimum atomic E-state index is -0.00164. The van der Waals surface area contributed by atoms with E-state index < -0.39 is 0 Å². The lowest BCUT2D eigenvalue weighted by atomic mass is 9.96. The van der Waals surface area contributed by atoms with Crippen LogP contribution in [0.15, 0.2) is 53.2 Å². The summed E-state index contributed by atoms with van der Waals surface area (Å²) in [6.45, 7) is 2.06. The second-order valence-corrected chi connectivity index (χ2v) is 5.92. The zero-order chi connectivity index (χ0) is 18.5. The van der Waals surface area contributed by atoms with E-state index in [4.69, 9.17) is 4.74 Å². The highest BCUT2D eigenvalue weighted by atomic mass is 16.5. The molecular weight excluding hydrogens is 330 g/mol. The summed E-state index contributed by atoms with van der Waals surface area (Å²) < 4.78 is 5.23. The minimum absolute atomic E-state index is 0.00164. The highest BCUT2D eigenvalue weighted by molar-refractivity contribution is 5.83. The number of ether oxygens (including phenoxy) is 1. The van der Waals surface area contributed by atoms with Gasteiger partial charge in [0.15, 0.2) is 11.6 Å². The van der Waals surface area contributed by atoms with Crippen molar-refractivity contribution >= 4 is 17.9 Å². The van der Waals surface area contributed by atoms with Gasteiger partial charge in [0.05, 0.1) is 13.2 Å². The van der Waals surface area contributed by atoms with Crippen LogP contribution >= 0.6 is 0 Å². The predicted octanol–water partition coefficient (Wildman–Crippen LogP) is 3.25. The third-order valence-electron chi connectivity index (χ3n) is 4.10. The number of aromatic amines is 1. The maximum Gasteiger partial charge on any atom is 0.168 e. The summed E-state index contributed by atoms with van der Waals surface area (Å²) in [5, 5.41) is 29.0. The molecule has 2 aromatic rings. The van der Waals surface area contributed by atoms with Crippen molar-refractivity contribution in [2.24, 2.45) is 10.9 Å².